The van der Waals surface area contributed by atoms with E-state index in [1.54, 1.807) is 0 Å². The van der Waals surface area contributed by atoms with Crippen molar-refractivity contribution < 1.29 is 4.74 Å². The maximum atomic E-state index is 5.92. The quantitative estimate of drug-likeness (QED) is 0.881. The molecule has 1 aromatic heterocycles. The highest BCUT2D eigenvalue weighted by atomic mass is 79.9. The van der Waals surface area contributed by atoms with Crippen molar-refractivity contribution in [2.45, 2.75) is 27.3 Å². The number of nitrogens with zero attached hydrogens (tertiary/aromatic N) is 1. The van der Waals surface area contributed by atoms with Crippen LogP contribution in [0.4, 0.5) is 0 Å². The first-order chi connectivity index (χ1) is 9.58. The smallest absolute Gasteiger partial charge is 0.219 e. The highest BCUT2D eigenvalue weighted by molar-refractivity contribution is 9.10. The second kappa shape index (κ2) is 6.86. The Bertz CT molecular complexity index is 599. The predicted octanol–water partition coefficient (Wildman–Crippen LogP) is 4.36. The van der Waals surface area contributed by atoms with Gasteiger partial charge in [-0.1, -0.05) is 28.9 Å². The van der Waals surface area contributed by atoms with Crippen LogP contribution in [0.2, 0.25) is 0 Å². The lowest BCUT2D eigenvalue weighted by atomic mass is 10.2. The first-order valence-corrected chi connectivity index (χ1v) is 7.50. The average Bonchev–Trinajstić information content (AvgIpc) is 2.40. The summed E-state index contributed by atoms with van der Waals surface area (Å²) in [5.41, 5.74) is 3.23. The van der Waals surface area contributed by atoms with E-state index in [-0.39, 0.29) is 0 Å². The van der Waals surface area contributed by atoms with E-state index in [2.05, 4.69) is 39.2 Å². The van der Waals surface area contributed by atoms with Crippen LogP contribution in [0.3, 0.4) is 0 Å². The average molecular weight is 335 g/mol. The summed E-state index contributed by atoms with van der Waals surface area (Å²) in [6.07, 6.45) is 0. The number of nitrogens with one attached hydrogen (secondary N) is 1. The SMILES string of the molecule is CCNCc1cc(C)nc(Oc2cc(Br)ccc2C)c1. The Balaban J connectivity index is 2.24. The molecule has 1 N–H and O–H groups in total. The molecule has 0 unspecified atom stereocenters. The van der Waals surface area contributed by atoms with Crippen LogP contribution in [0.15, 0.2) is 34.8 Å². The first-order valence-electron chi connectivity index (χ1n) is 6.70. The summed E-state index contributed by atoms with van der Waals surface area (Å²) in [5, 5.41) is 3.31. The van der Waals surface area contributed by atoms with Crippen LogP contribution >= 0.6 is 15.9 Å². The van der Waals surface area contributed by atoms with E-state index < -0.39 is 0 Å². The number of halogens is 1. The van der Waals surface area contributed by atoms with Crippen molar-refractivity contribution in [1.29, 1.82) is 0 Å². The lowest BCUT2D eigenvalue weighted by molar-refractivity contribution is 0.456. The van der Waals surface area contributed by atoms with Crippen molar-refractivity contribution in [3.63, 3.8) is 0 Å². The lowest BCUT2D eigenvalue weighted by Crippen LogP contribution is -2.12. The number of pyridine rings is 1. The molecule has 0 fully saturated rings. The van der Waals surface area contributed by atoms with Gasteiger partial charge in [-0.3, -0.25) is 0 Å². The maximum absolute atomic E-state index is 5.92. The Morgan fingerprint density at radius 2 is 2.00 bits per heavy atom. The summed E-state index contributed by atoms with van der Waals surface area (Å²) in [5.74, 6) is 1.46. The van der Waals surface area contributed by atoms with Gasteiger partial charge in [0.25, 0.3) is 0 Å². The number of ether oxygens (including phenoxy) is 1. The van der Waals surface area contributed by atoms with Crippen LogP contribution in [-0.2, 0) is 6.54 Å². The standard InChI is InChI=1S/C16H19BrN2O/c1-4-18-10-13-7-12(3)19-16(8-13)20-15-9-14(17)6-5-11(15)2/h5-9,18H,4,10H2,1-3H3. The van der Waals surface area contributed by atoms with E-state index >= 15 is 0 Å². The third-order valence-electron chi connectivity index (χ3n) is 2.93. The molecule has 0 amide bonds. The Hall–Kier alpha value is -1.39. The monoisotopic (exact) mass is 334 g/mol. The number of hydrogen-bond donors (Lipinski definition) is 1. The van der Waals surface area contributed by atoms with E-state index in [9.17, 15) is 0 Å². The molecule has 0 saturated heterocycles. The van der Waals surface area contributed by atoms with Gasteiger partial charge < -0.3 is 10.1 Å². The normalized spacial score (nSPS) is 10.6. The molecule has 0 saturated carbocycles. The van der Waals surface area contributed by atoms with Crippen molar-refractivity contribution in [3.8, 4) is 11.6 Å². The summed E-state index contributed by atoms with van der Waals surface area (Å²) < 4.78 is 6.92. The van der Waals surface area contributed by atoms with Crippen LogP contribution < -0.4 is 10.1 Å². The van der Waals surface area contributed by atoms with E-state index in [1.807, 2.05) is 38.1 Å². The van der Waals surface area contributed by atoms with Crippen molar-refractivity contribution in [2.24, 2.45) is 0 Å². The minimum absolute atomic E-state index is 0.638. The zero-order valence-electron chi connectivity index (χ0n) is 12.0. The van der Waals surface area contributed by atoms with Gasteiger partial charge in [0, 0.05) is 22.8 Å². The van der Waals surface area contributed by atoms with Crippen molar-refractivity contribution >= 4 is 15.9 Å². The molecule has 2 aromatic rings. The highest BCUT2D eigenvalue weighted by Crippen LogP contribution is 2.27. The number of benzene rings is 1. The molecule has 0 bridgehead atoms. The largest absolute Gasteiger partial charge is 0.439 e. The van der Waals surface area contributed by atoms with Crippen LogP contribution in [0.1, 0.15) is 23.7 Å². The van der Waals surface area contributed by atoms with Crippen LogP contribution in [0.25, 0.3) is 0 Å². The summed E-state index contributed by atoms with van der Waals surface area (Å²) in [6.45, 7) is 7.87. The molecular weight excluding hydrogens is 316 g/mol. The molecule has 0 aliphatic carbocycles. The topological polar surface area (TPSA) is 34.2 Å². The first kappa shape index (κ1) is 15.0. The van der Waals surface area contributed by atoms with Gasteiger partial charge in [-0.15, -0.1) is 0 Å². The molecule has 1 heterocycles. The van der Waals surface area contributed by atoms with Crippen molar-refractivity contribution in [3.05, 3.63) is 51.6 Å². The van der Waals surface area contributed by atoms with Crippen molar-refractivity contribution in [2.75, 3.05) is 6.54 Å². The summed E-state index contributed by atoms with van der Waals surface area (Å²) in [6, 6.07) is 10.0. The van der Waals surface area contributed by atoms with E-state index in [1.165, 1.54) is 5.56 Å². The fourth-order valence-corrected chi connectivity index (χ4v) is 2.27. The summed E-state index contributed by atoms with van der Waals surface area (Å²) in [4.78, 5) is 4.44. The third kappa shape index (κ3) is 4.05. The molecule has 2 rings (SSSR count). The molecule has 0 spiro atoms. The van der Waals surface area contributed by atoms with E-state index in [0.717, 1.165) is 34.6 Å². The predicted molar refractivity (Wildman–Crippen MR) is 85.3 cm³/mol. The minimum Gasteiger partial charge on any atom is -0.439 e. The second-order valence-corrected chi connectivity index (χ2v) is 5.66. The van der Waals surface area contributed by atoms with Gasteiger partial charge >= 0.3 is 0 Å². The lowest BCUT2D eigenvalue weighted by Gasteiger charge is -2.11. The van der Waals surface area contributed by atoms with E-state index in [4.69, 9.17) is 4.74 Å². The van der Waals surface area contributed by atoms with Gasteiger partial charge in [-0.2, -0.15) is 0 Å². The zero-order chi connectivity index (χ0) is 14.5. The molecule has 0 radical (unpaired) electrons. The molecule has 1 aromatic carbocycles. The van der Waals surface area contributed by atoms with Gasteiger partial charge in [0.05, 0.1) is 0 Å². The zero-order valence-corrected chi connectivity index (χ0v) is 13.6. The fourth-order valence-electron chi connectivity index (χ4n) is 1.93. The summed E-state index contributed by atoms with van der Waals surface area (Å²) >= 11 is 3.46. The number of aryl methyl sites for hydroxylation is 2. The fraction of sp³-hybridized carbons (Fsp3) is 0.312. The van der Waals surface area contributed by atoms with E-state index in [0.29, 0.717) is 5.88 Å². The Morgan fingerprint density at radius 1 is 1.20 bits per heavy atom. The molecule has 0 aliphatic rings. The third-order valence-corrected chi connectivity index (χ3v) is 3.43. The Kier molecular flexibility index (Phi) is 5.15. The molecule has 0 aliphatic heterocycles. The Labute approximate surface area is 128 Å². The second-order valence-electron chi connectivity index (χ2n) is 4.75. The summed E-state index contributed by atoms with van der Waals surface area (Å²) in [7, 11) is 0. The minimum atomic E-state index is 0.638. The molecular formula is C16H19BrN2O. The maximum Gasteiger partial charge on any atom is 0.219 e. The van der Waals surface area contributed by atoms with Crippen molar-refractivity contribution in [1.82, 2.24) is 10.3 Å². The number of hydrogen-bond acceptors (Lipinski definition) is 3. The highest BCUT2D eigenvalue weighted by Gasteiger charge is 2.06. The number of aromatic nitrogens is 1. The molecule has 3 nitrogen and oxygen atoms in total. The molecule has 20 heavy (non-hydrogen) atoms. The van der Waals surface area contributed by atoms with Gasteiger partial charge in [0.2, 0.25) is 5.88 Å². The Morgan fingerprint density at radius 3 is 2.75 bits per heavy atom. The van der Waals surface area contributed by atoms with Gasteiger partial charge in [0.1, 0.15) is 5.75 Å². The molecule has 0 atom stereocenters. The van der Waals surface area contributed by atoms with Gasteiger partial charge in [-0.25, -0.2) is 4.98 Å². The van der Waals surface area contributed by atoms with Gasteiger partial charge in [-0.05, 0) is 49.7 Å². The molecule has 106 valence electrons. The molecule has 4 heteroatoms. The number of rotatable bonds is 5. The van der Waals surface area contributed by atoms with Crippen LogP contribution in [0, 0.1) is 13.8 Å². The van der Waals surface area contributed by atoms with Crippen LogP contribution in [-0.4, -0.2) is 11.5 Å². The van der Waals surface area contributed by atoms with Gasteiger partial charge in [0.15, 0.2) is 0 Å². The van der Waals surface area contributed by atoms with Crippen LogP contribution in [0.5, 0.6) is 11.6 Å².